The average Bonchev–Trinajstić information content (AvgIpc) is 2.63. The number of hydrogen-bond donors (Lipinski definition) is 3. The maximum absolute atomic E-state index is 5.71. The van der Waals surface area contributed by atoms with Crippen molar-refractivity contribution in [1.82, 2.24) is 19.9 Å². The molecule has 2 rings (SSSR count). The summed E-state index contributed by atoms with van der Waals surface area (Å²) >= 11 is 0. The minimum absolute atomic E-state index is 0.422. The van der Waals surface area contributed by atoms with E-state index in [0.29, 0.717) is 22.9 Å². The van der Waals surface area contributed by atoms with Gasteiger partial charge in [0.2, 0.25) is 5.95 Å². The Bertz CT molecular complexity index is 434. The van der Waals surface area contributed by atoms with Crippen LogP contribution < -0.4 is 11.1 Å². The van der Waals surface area contributed by atoms with Crippen LogP contribution in [0, 0.1) is 0 Å². The third-order valence-corrected chi connectivity index (χ3v) is 1.85. The van der Waals surface area contributed by atoms with E-state index in [1.54, 1.807) is 6.33 Å². The Labute approximate surface area is 81.0 Å². The van der Waals surface area contributed by atoms with Crippen molar-refractivity contribution < 1.29 is 0 Å². The zero-order chi connectivity index (χ0) is 9.97. The number of aromatic nitrogens is 4. The lowest BCUT2D eigenvalue weighted by Gasteiger charge is -2.02. The number of nitrogens with zero attached hydrogens (tertiary/aromatic N) is 3. The molecule has 6 heteroatoms. The quantitative estimate of drug-likeness (QED) is 0.667. The molecule has 6 nitrogen and oxygen atoms in total. The number of nitrogens with one attached hydrogen (secondary N) is 2. The molecule has 0 fully saturated rings. The van der Waals surface area contributed by atoms with Crippen molar-refractivity contribution in [3.63, 3.8) is 0 Å². The molecule has 2 aromatic rings. The molecule has 2 aromatic heterocycles. The number of nitrogens with two attached hydrogens (primary N) is 1. The Morgan fingerprint density at radius 1 is 1.50 bits per heavy atom. The van der Waals surface area contributed by atoms with E-state index in [4.69, 9.17) is 5.73 Å². The Balaban J connectivity index is 2.38. The molecule has 0 saturated carbocycles. The highest BCUT2D eigenvalue weighted by Crippen LogP contribution is 2.14. The van der Waals surface area contributed by atoms with Crippen LogP contribution in [0.25, 0.3) is 11.2 Å². The monoisotopic (exact) mass is 192 g/mol. The molecule has 0 aliphatic heterocycles. The predicted molar refractivity (Wildman–Crippen MR) is 54.9 cm³/mol. The number of fused-ring (bicyclic) bond motifs is 1. The maximum Gasteiger partial charge on any atom is 0.226 e. The minimum atomic E-state index is 0.422. The Morgan fingerprint density at radius 2 is 2.36 bits per heavy atom. The zero-order valence-electron chi connectivity index (χ0n) is 7.91. The fourth-order valence-corrected chi connectivity index (χ4v) is 1.17. The van der Waals surface area contributed by atoms with Crippen LogP contribution in [0.1, 0.15) is 13.3 Å². The van der Waals surface area contributed by atoms with Crippen molar-refractivity contribution >= 4 is 22.9 Å². The normalized spacial score (nSPS) is 10.6. The summed E-state index contributed by atoms with van der Waals surface area (Å²) < 4.78 is 0. The summed E-state index contributed by atoms with van der Waals surface area (Å²) in [5.74, 6) is 0.954. The standard InChI is InChI=1S/C8H12N6/c1-2-3-10-8-13-6(9)5-7(14-8)12-4-11-5/h4H,2-3H2,1H3,(H4,9,10,11,12,13,14). The molecule has 0 aliphatic carbocycles. The summed E-state index contributed by atoms with van der Waals surface area (Å²) in [6.45, 7) is 2.90. The first kappa shape index (κ1) is 8.74. The van der Waals surface area contributed by atoms with Crippen LogP contribution in [0.4, 0.5) is 11.8 Å². The van der Waals surface area contributed by atoms with E-state index in [2.05, 4.69) is 32.2 Å². The highest BCUT2D eigenvalue weighted by Gasteiger charge is 2.05. The van der Waals surface area contributed by atoms with E-state index in [9.17, 15) is 0 Å². The summed E-state index contributed by atoms with van der Waals surface area (Å²) in [5, 5.41) is 3.06. The van der Waals surface area contributed by atoms with Crippen LogP contribution in [-0.4, -0.2) is 26.5 Å². The third kappa shape index (κ3) is 1.46. The topological polar surface area (TPSA) is 92.5 Å². The Kier molecular flexibility index (Phi) is 2.18. The summed E-state index contributed by atoms with van der Waals surface area (Å²) in [7, 11) is 0. The number of aromatic amines is 1. The molecule has 74 valence electrons. The van der Waals surface area contributed by atoms with Gasteiger partial charge in [0.1, 0.15) is 5.52 Å². The van der Waals surface area contributed by atoms with Gasteiger partial charge in [-0.15, -0.1) is 0 Å². The molecule has 0 aromatic carbocycles. The molecule has 14 heavy (non-hydrogen) atoms. The van der Waals surface area contributed by atoms with E-state index in [1.165, 1.54) is 0 Å². The first-order chi connectivity index (χ1) is 6.81. The fourth-order valence-electron chi connectivity index (χ4n) is 1.17. The van der Waals surface area contributed by atoms with Crippen LogP contribution in [-0.2, 0) is 0 Å². The van der Waals surface area contributed by atoms with Crippen molar-refractivity contribution in [1.29, 1.82) is 0 Å². The van der Waals surface area contributed by atoms with Crippen LogP contribution in [0.3, 0.4) is 0 Å². The van der Waals surface area contributed by atoms with Crippen LogP contribution in [0.2, 0.25) is 0 Å². The number of nitrogen functional groups attached to an aromatic ring is 1. The summed E-state index contributed by atoms with van der Waals surface area (Å²) in [4.78, 5) is 15.2. The zero-order valence-corrected chi connectivity index (χ0v) is 7.91. The van der Waals surface area contributed by atoms with E-state index in [1.807, 2.05) is 0 Å². The Hall–Kier alpha value is -1.85. The van der Waals surface area contributed by atoms with Crippen molar-refractivity contribution in [2.24, 2.45) is 0 Å². The van der Waals surface area contributed by atoms with Crippen LogP contribution in [0.15, 0.2) is 6.33 Å². The van der Waals surface area contributed by atoms with Gasteiger partial charge in [0.25, 0.3) is 0 Å². The lowest BCUT2D eigenvalue weighted by Crippen LogP contribution is -2.06. The number of rotatable bonds is 3. The smallest absolute Gasteiger partial charge is 0.226 e. The van der Waals surface area contributed by atoms with Gasteiger partial charge in [-0.1, -0.05) is 6.92 Å². The van der Waals surface area contributed by atoms with Crippen molar-refractivity contribution in [3.05, 3.63) is 6.33 Å². The van der Waals surface area contributed by atoms with Gasteiger partial charge in [-0.3, -0.25) is 0 Å². The summed E-state index contributed by atoms with van der Waals surface area (Å²) in [6.07, 6.45) is 2.57. The predicted octanol–water partition coefficient (Wildman–Crippen LogP) is 0.757. The van der Waals surface area contributed by atoms with Gasteiger partial charge in [-0.05, 0) is 6.42 Å². The third-order valence-electron chi connectivity index (χ3n) is 1.85. The highest BCUT2D eigenvalue weighted by atomic mass is 15.2. The van der Waals surface area contributed by atoms with Gasteiger partial charge < -0.3 is 16.0 Å². The summed E-state index contributed by atoms with van der Waals surface area (Å²) in [5.41, 5.74) is 6.99. The fraction of sp³-hybridized carbons (Fsp3) is 0.375. The molecule has 0 aliphatic rings. The van der Waals surface area contributed by atoms with E-state index in [0.717, 1.165) is 13.0 Å². The molecule has 0 radical (unpaired) electrons. The van der Waals surface area contributed by atoms with Gasteiger partial charge in [-0.25, -0.2) is 4.98 Å². The Morgan fingerprint density at radius 3 is 3.14 bits per heavy atom. The lowest BCUT2D eigenvalue weighted by atomic mass is 10.5. The van der Waals surface area contributed by atoms with E-state index >= 15 is 0 Å². The van der Waals surface area contributed by atoms with Gasteiger partial charge in [0.05, 0.1) is 6.33 Å². The lowest BCUT2D eigenvalue weighted by molar-refractivity contribution is 0.957. The van der Waals surface area contributed by atoms with Crippen LogP contribution in [0.5, 0.6) is 0 Å². The average molecular weight is 192 g/mol. The minimum Gasteiger partial charge on any atom is -0.382 e. The molecular formula is C8H12N6. The molecule has 0 unspecified atom stereocenters. The molecule has 2 heterocycles. The van der Waals surface area contributed by atoms with Gasteiger partial charge in [0.15, 0.2) is 11.5 Å². The summed E-state index contributed by atoms with van der Waals surface area (Å²) in [6, 6.07) is 0. The van der Waals surface area contributed by atoms with Crippen LogP contribution >= 0.6 is 0 Å². The SMILES string of the molecule is CCCNc1nc(N)c2[nH]cnc2n1. The number of hydrogen-bond acceptors (Lipinski definition) is 5. The second-order valence-electron chi connectivity index (χ2n) is 2.96. The number of H-pyrrole nitrogens is 1. The number of imidazole rings is 1. The van der Waals surface area contributed by atoms with Gasteiger partial charge >= 0.3 is 0 Å². The molecule has 0 saturated heterocycles. The molecular weight excluding hydrogens is 180 g/mol. The van der Waals surface area contributed by atoms with Crippen molar-refractivity contribution in [2.75, 3.05) is 17.6 Å². The second kappa shape index (κ2) is 3.49. The van der Waals surface area contributed by atoms with E-state index < -0.39 is 0 Å². The largest absolute Gasteiger partial charge is 0.382 e. The number of anilines is 2. The van der Waals surface area contributed by atoms with Crippen molar-refractivity contribution in [2.45, 2.75) is 13.3 Å². The molecule has 0 amide bonds. The highest BCUT2D eigenvalue weighted by molar-refractivity contribution is 5.82. The molecule has 0 spiro atoms. The van der Waals surface area contributed by atoms with Gasteiger partial charge in [-0.2, -0.15) is 9.97 Å². The maximum atomic E-state index is 5.71. The first-order valence-corrected chi connectivity index (χ1v) is 4.51. The second-order valence-corrected chi connectivity index (χ2v) is 2.96. The molecule has 0 atom stereocenters. The molecule has 4 N–H and O–H groups in total. The first-order valence-electron chi connectivity index (χ1n) is 4.51. The molecule has 0 bridgehead atoms. The van der Waals surface area contributed by atoms with Gasteiger partial charge in [0, 0.05) is 6.54 Å². The van der Waals surface area contributed by atoms with E-state index in [-0.39, 0.29) is 0 Å². The van der Waals surface area contributed by atoms with Crippen molar-refractivity contribution in [3.8, 4) is 0 Å².